The molecule has 1 heterocycles. The molecule has 60 valence electrons. The van der Waals surface area contributed by atoms with Gasteiger partial charge in [-0.15, -0.1) is 0 Å². The van der Waals surface area contributed by atoms with E-state index in [2.05, 4.69) is 26.5 Å². The van der Waals surface area contributed by atoms with Gasteiger partial charge in [0.05, 0.1) is 0 Å². The first-order chi connectivity index (χ1) is 5.15. The quantitative estimate of drug-likeness (QED) is 0.630. The molecule has 1 nitrogen and oxygen atoms in total. The van der Waals surface area contributed by atoms with Crippen LogP contribution in [0.15, 0.2) is 17.1 Å². The molecule has 1 aromatic heterocycles. The van der Waals surface area contributed by atoms with Crippen molar-refractivity contribution in [1.29, 1.82) is 0 Å². The van der Waals surface area contributed by atoms with Crippen molar-refractivity contribution in [2.75, 3.05) is 0 Å². The van der Waals surface area contributed by atoms with Crippen LogP contribution < -0.4 is 0 Å². The van der Waals surface area contributed by atoms with E-state index in [9.17, 15) is 0 Å². The molecule has 0 fully saturated rings. The first-order valence-electron chi connectivity index (χ1n) is 3.88. The predicted molar refractivity (Wildman–Crippen MR) is 47.6 cm³/mol. The minimum atomic E-state index is 0.461. The summed E-state index contributed by atoms with van der Waals surface area (Å²) in [6.07, 6.45) is 1.75. The van der Waals surface area contributed by atoms with Crippen LogP contribution in [0.5, 0.6) is 0 Å². The Morgan fingerprint density at radius 1 is 1.55 bits per heavy atom. The van der Waals surface area contributed by atoms with E-state index >= 15 is 0 Å². The smallest absolute Gasteiger partial charge is 0.129 e. The van der Waals surface area contributed by atoms with Crippen LogP contribution in [0, 0.1) is 6.92 Å². The molecule has 11 heavy (non-hydrogen) atoms. The Morgan fingerprint density at radius 3 is 2.45 bits per heavy atom. The summed E-state index contributed by atoms with van der Waals surface area (Å²) in [5.41, 5.74) is 1.17. The highest BCUT2D eigenvalue weighted by molar-refractivity contribution is 5.45. The molecule has 0 aliphatic rings. The van der Waals surface area contributed by atoms with Gasteiger partial charge < -0.3 is 4.42 Å². The molecule has 0 spiro atoms. The molecule has 1 rings (SSSR count). The highest BCUT2D eigenvalue weighted by atomic mass is 16.3. The molecule has 1 heteroatoms. The second-order valence-corrected chi connectivity index (χ2v) is 3.05. The predicted octanol–water partition coefficient (Wildman–Crippen LogP) is 3.35. The maximum absolute atomic E-state index is 5.51. The minimum Gasteiger partial charge on any atom is -0.461 e. The van der Waals surface area contributed by atoms with E-state index < -0.39 is 0 Å². The Hall–Kier alpha value is -0.980. The Bertz CT molecular complexity index is 256. The van der Waals surface area contributed by atoms with Crippen LogP contribution >= 0.6 is 0 Å². The molecule has 0 atom stereocenters. The number of aryl methyl sites for hydroxylation is 1. The van der Waals surface area contributed by atoms with E-state index in [4.69, 9.17) is 4.42 Å². The second-order valence-electron chi connectivity index (χ2n) is 3.05. The van der Waals surface area contributed by atoms with E-state index in [0.717, 1.165) is 11.5 Å². The Kier molecular flexibility index (Phi) is 2.18. The number of hydrogen-bond acceptors (Lipinski definition) is 1. The lowest BCUT2D eigenvalue weighted by Gasteiger charge is -1.96. The van der Waals surface area contributed by atoms with Crippen molar-refractivity contribution < 1.29 is 4.42 Å². The van der Waals surface area contributed by atoms with Gasteiger partial charge in [0.1, 0.15) is 11.5 Å². The summed E-state index contributed by atoms with van der Waals surface area (Å²) in [6.45, 7) is 9.94. The van der Waals surface area contributed by atoms with Crippen LogP contribution in [0.4, 0.5) is 0 Å². The molecule has 0 aromatic carbocycles. The van der Waals surface area contributed by atoms with Gasteiger partial charge in [-0.3, -0.25) is 0 Å². The largest absolute Gasteiger partial charge is 0.461 e. The molecule has 0 aliphatic heterocycles. The van der Waals surface area contributed by atoms with Crippen molar-refractivity contribution in [1.82, 2.24) is 0 Å². The molecular weight excluding hydrogens is 136 g/mol. The summed E-state index contributed by atoms with van der Waals surface area (Å²) < 4.78 is 5.51. The van der Waals surface area contributed by atoms with Gasteiger partial charge in [0.2, 0.25) is 0 Å². The zero-order chi connectivity index (χ0) is 8.43. The number of furan rings is 1. The van der Waals surface area contributed by atoms with Crippen LogP contribution in [0.25, 0.3) is 6.08 Å². The highest BCUT2D eigenvalue weighted by Crippen LogP contribution is 2.21. The van der Waals surface area contributed by atoms with Crippen LogP contribution in [-0.2, 0) is 0 Å². The Labute approximate surface area is 67.7 Å². The monoisotopic (exact) mass is 150 g/mol. The fourth-order valence-corrected chi connectivity index (χ4v) is 1.01. The summed E-state index contributed by atoms with van der Waals surface area (Å²) in [5.74, 6) is 2.40. The molecule has 0 radical (unpaired) electrons. The third kappa shape index (κ3) is 1.53. The molecule has 0 bridgehead atoms. The molecule has 0 unspecified atom stereocenters. The van der Waals surface area contributed by atoms with E-state index in [1.165, 1.54) is 5.56 Å². The standard InChI is InChI=1S/C10H14O/c1-5-9-8(4)6-10(11-9)7(2)3/h5-7H,1H2,2-4H3. The maximum atomic E-state index is 5.51. The molecule has 0 aliphatic carbocycles. The lowest BCUT2D eigenvalue weighted by atomic mass is 10.1. The number of hydrogen-bond donors (Lipinski definition) is 0. The van der Waals surface area contributed by atoms with Crippen LogP contribution in [-0.4, -0.2) is 0 Å². The highest BCUT2D eigenvalue weighted by Gasteiger charge is 2.06. The molecule has 1 aromatic rings. The lowest BCUT2D eigenvalue weighted by molar-refractivity contribution is 0.479. The van der Waals surface area contributed by atoms with Crippen LogP contribution in [0.1, 0.15) is 36.8 Å². The lowest BCUT2D eigenvalue weighted by Crippen LogP contribution is -1.80. The van der Waals surface area contributed by atoms with E-state index in [0.29, 0.717) is 5.92 Å². The Balaban J connectivity index is 3.04. The average Bonchev–Trinajstić information content (AvgIpc) is 2.31. The molecular formula is C10H14O. The normalized spacial score (nSPS) is 10.5. The van der Waals surface area contributed by atoms with E-state index in [-0.39, 0.29) is 0 Å². The fourth-order valence-electron chi connectivity index (χ4n) is 1.01. The van der Waals surface area contributed by atoms with Crippen molar-refractivity contribution in [3.05, 3.63) is 29.7 Å². The summed E-state index contributed by atoms with van der Waals surface area (Å²) in [4.78, 5) is 0. The first-order valence-corrected chi connectivity index (χ1v) is 3.88. The van der Waals surface area contributed by atoms with Gasteiger partial charge in [0.25, 0.3) is 0 Å². The molecule has 0 saturated carbocycles. The zero-order valence-electron chi connectivity index (χ0n) is 7.35. The topological polar surface area (TPSA) is 13.1 Å². The van der Waals surface area contributed by atoms with Crippen molar-refractivity contribution in [2.45, 2.75) is 26.7 Å². The van der Waals surface area contributed by atoms with Gasteiger partial charge in [-0.2, -0.15) is 0 Å². The fraction of sp³-hybridized carbons (Fsp3) is 0.400. The molecule has 0 N–H and O–H groups in total. The third-order valence-electron chi connectivity index (χ3n) is 1.73. The summed E-state index contributed by atoms with van der Waals surface area (Å²) in [6, 6.07) is 2.07. The van der Waals surface area contributed by atoms with Gasteiger partial charge in [0, 0.05) is 5.92 Å². The van der Waals surface area contributed by atoms with Gasteiger partial charge >= 0.3 is 0 Å². The Morgan fingerprint density at radius 2 is 2.18 bits per heavy atom. The van der Waals surface area contributed by atoms with Gasteiger partial charge in [-0.25, -0.2) is 0 Å². The number of rotatable bonds is 2. The van der Waals surface area contributed by atoms with Crippen molar-refractivity contribution in [2.24, 2.45) is 0 Å². The van der Waals surface area contributed by atoms with Gasteiger partial charge in [-0.1, -0.05) is 20.4 Å². The van der Waals surface area contributed by atoms with E-state index in [1.54, 1.807) is 6.08 Å². The van der Waals surface area contributed by atoms with E-state index in [1.807, 2.05) is 6.92 Å². The average molecular weight is 150 g/mol. The minimum absolute atomic E-state index is 0.461. The van der Waals surface area contributed by atoms with Crippen molar-refractivity contribution in [3.63, 3.8) is 0 Å². The maximum Gasteiger partial charge on any atom is 0.129 e. The van der Waals surface area contributed by atoms with Crippen molar-refractivity contribution in [3.8, 4) is 0 Å². The third-order valence-corrected chi connectivity index (χ3v) is 1.73. The van der Waals surface area contributed by atoms with Crippen molar-refractivity contribution >= 4 is 6.08 Å². The SMILES string of the molecule is C=Cc1oc(C(C)C)cc1C. The van der Waals surface area contributed by atoms with Gasteiger partial charge in [-0.05, 0) is 24.6 Å². The summed E-state index contributed by atoms with van der Waals surface area (Å²) in [5, 5.41) is 0. The molecule has 0 saturated heterocycles. The zero-order valence-corrected chi connectivity index (χ0v) is 7.35. The van der Waals surface area contributed by atoms with Gasteiger partial charge in [0.15, 0.2) is 0 Å². The second kappa shape index (κ2) is 2.95. The van der Waals surface area contributed by atoms with Crippen LogP contribution in [0.2, 0.25) is 0 Å². The summed E-state index contributed by atoms with van der Waals surface area (Å²) in [7, 11) is 0. The molecule has 0 amide bonds. The first kappa shape index (κ1) is 8.12. The van der Waals surface area contributed by atoms with Crippen LogP contribution in [0.3, 0.4) is 0 Å². The summed E-state index contributed by atoms with van der Waals surface area (Å²) >= 11 is 0.